The Kier molecular flexibility index (Phi) is 2.05. The normalized spacial score (nSPS) is 18.9. The summed E-state index contributed by atoms with van der Waals surface area (Å²) in [5, 5.41) is 9.15. The Morgan fingerprint density at radius 3 is 2.47 bits per heavy atom. The number of halogens is 1. The topological polar surface area (TPSA) is 46.2 Å². The first-order chi connectivity index (χ1) is 6.87. The predicted molar refractivity (Wildman–Crippen MR) is 57.2 cm³/mol. The second kappa shape index (κ2) is 2.95. The van der Waals surface area contributed by atoms with Gasteiger partial charge in [-0.25, -0.2) is 4.39 Å². The second-order valence-electron chi connectivity index (χ2n) is 4.95. The van der Waals surface area contributed by atoms with Gasteiger partial charge in [-0.05, 0) is 24.5 Å². The maximum atomic E-state index is 13.7. The van der Waals surface area contributed by atoms with Gasteiger partial charge in [-0.15, -0.1) is 0 Å². The van der Waals surface area contributed by atoms with E-state index < -0.39 is 0 Å². The lowest BCUT2D eigenvalue weighted by molar-refractivity contribution is 0.372. The summed E-state index contributed by atoms with van der Waals surface area (Å²) in [4.78, 5) is 0. The van der Waals surface area contributed by atoms with Crippen molar-refractivity contribution >= 4 is 0 Å². The Bertz CT molecular complexity index is 397. The molecule has 2 nitrogen and oxygen atoms in total. The maximum absolute atomic E-state index is 13.7. The Morgan fingerprint density at radius 2 is 2.00 bits per heavy atom. The highest BCUT2D eigenvalue weighted by Gasteiger charge is 2.52. The highest BCUT2D eigenvalue weighted by molar-refractivity contribution is 5.37. The van der Waals surface area contributed by atoms with Gasteiger partial charge in [0.05, 0.1) is 0 Å². The molecule has 2 rings (SSSR count). The molecule has 3 N–H and O–H groups in total. The van der Waals surface area contributed by atoms with Gasteiger partial charge in [0.2, 0.25) is 0 Å². The van der Waals surface area contributed by atoms with E-state index in [1.54, 1.807) is 6.07 Å². The van der Waals surface area contributed by atoms with Crippen molar-refractivity contribution in [2.75, 3.05) is 0 Å². The molecule has 1 aromatic rings. The number of rotatable bonds is 2. The molecule has 1 aliphatic rings. The minimum absolute atomic E-state index is 0.0473. The van der Waals surface area contributed by atoms with Crippen LogP contribution in [0.2, 0.25) is 0 Å². The van der Waals surface area contributed by atoms with E-state index >= 15 is 0 Å². The summed E-state index contributed by atoms with van der Waals surface area (Å²) in [6.07, 6.45) is 1.86. The van der Waals surface area contributed by atoms with Crippen LogP contribution in [0.15, 0.2) is 18.2 Å². The largest absolute Gasteiger partial charge is 0.508 e. The van der Waals surface area contributed by atoms with Gasteiger partial charge in [-0.1, -0.05) is 19.9 Å². The second-order valence-corrected chi connectivity index (χ2v) is 4.95. The average Bonchev–Trinajstić information content (AvgIpc) is 2.84. The van der Waals surface area contributed by atoms with E-state index in [0.29, 0.717) is 5.56 Å². The summed E-state index contributed by atoms with van der Waals surface area (Å²) in [5.74, 6) is -0.425. The molecule has 0 aromatic heterocycles. The van der Waals surface area contributed by atoms with Crippen LogP contribution in [0.3, 0.4) is 0 Å². The van der Waals surface area contributed by atoms with Crippen LogP contribution in [0.4, 0.5) is 4.39 Å². The van der Waals surface area contributed by atoms with Crippen molar-refractivity contribution in [1.82, 2.24) is 0 Å². The first kappa shape index (κ1) is 10.4. The van der Waals surface area contributed by atoms with Crippen LogP contribution >= 0.6 is 0 Å². The molecular formula is C12H16FNO. The van der Waals surface area contributed by atoms with Crippen LogP contribution in [0.5, 0.6) is 5.75 Å². The highest BCUT2D eigenvalue weighted by atomic mass is 19.1. The summed E-state index contributed by atoms with van der Waals surface area (Å²) < 4.78 is 13.7. The Balaban J connectivity index is 2.45. The van der Waals surface area contributed by atoms with Gasteiger partial charge >= 0.3 is 0 Å². The molecule has 0 spiro atoms. The van der Waals surface area contributed by atoms with E-state index in [-0.39, 0.29) is 22.5 Å². The minimum atomic E-state index is -0.384. The number of benzene rings is 1. The number of aromatic hydroxyl groups is 1. The third kappa shape index (κ3) is 1.51. The van der Waals surface area contributed by atoms with E-state index in [4.69, 9.17) is 10.8 Å². The summed E-state index contributed by atoms with van der Waals surface area (Å²) in [6.45, 7) is 3.91. The fourth-order valence-corrected chi connectivity index (χ4v) is 2.04. The molecule has 0 amide bonds. The highest BCUT2D eigenvalue weighted by Crippen LogP contribution is 2.49. The first-order valence-electron chi connectivity index (χ1n) is 5.15. The molecule has 1 fully saturated rings. The summed E-state index contributed by atoms with van der Waals surface area (Å²) in [5.41, 5.74) is 6.05. The van der Waals surface area contributed by atoms with Crippen molar-refractivity contribution in [3.63, 3.8) is 0 Å². The Morgan fingerprint density at radius 1 is 1.40 bits per heavy atom. The molecule has 0 saturated heterocycles. The fraction of sp³-hybridized carbons (Fsp3) is 0.500. The molecule has 0 aliphatic heterocycles. The molecule has 0 unspecified atom stereocenters. The van der Waals surface area contributed by atoms with Crippen LogP contribution in [0, 0.1) is 5.82 Å². The van der Waals surface area contributed by atoms with E-state index in [1.165, 1.54) is 6.07 Å². The van der Waals surface area contributed by atoms with Crippen molar-refractivity contribution in [3.05, 3.63) is 29.6 Å². The van der Waals surface area contributed by atoms with Crippen molar-refractivity contribution < 1.29 is 9.50 Å². The smallest absolute Gasteiger partial charge is 0.130 e. The molecule has 0 atom stereocenters. The van der Waals surface area contributed by atoms with Gasteiger partial charge in [0, 0.05) is 17.0 Å². The van der Waals surface area contributed by atoms with Gasteiger partial charge in [0.15, 0.2) is 0 Å². The Hall–Kier alpha value is -1.09. The Labute approximate surface area is 88.9 Å². The molecule has 82 valence electrons. The molecule has 15 heavy (non-hydrogen) atoms. The maximum Gasteiger partial charge on any atom is 0.130 e. The van der Waals surface area contributed by atoms with Gasteiger partial charge < -0.3 is 10.8 Å². The van der Waals surface area contributed by atoms with E-state index in [1.807, 2.05) is 13.8 Å². The zero-order valence-electron chi connectivity index (χ0n) is 9.05. The van der Waals surface area contributed by atoms with Gasteiger partial charge in [-0.3, -0.25) is 0 Å². The standard InChI is InChI=1S/C12H16FNO/c1-11(2,12(14)5-6-12)9-4-3-8(15)7-10(9)13/h3-4,7,15H,5-6,14H2,1-2H3. The molecule has 1 aliphatic carbocycles. The number of hydrogen-bond acceptors (Lipinski definition) is 2. The molecule has 1 aromatic carbocycles. The SMILES string of the molecule is CC(C)(c1ccc(O)cc1F)C1(N)CC1. The summed E-state index contributed by atoms with van der Waals surface area (Å²) in [6, 6.07) is 4.27. The number of phenolic OH excluding ortho intramolecular Hbond substituents is 1. The van der Waals surface area contributed by atoms with Crippen LogP contribution in [-0.4, -0.2) is 10.6 Å². The predicted octanol–water partition coefficient (Wildman–Crippen LogP) is 2.30. The quantitative estimate of drug-likeness (QED) is 0.785. The van der Waals surface area contributed by atoms with Gasteiger partial charge in [0.25, 0.3) is 0 Å². The van der Waals surface area contributed by atoms with Crippen LogP contribution in [0.1, 0.15) is 32.3 Å². The molecule has 0 heterocycles. The molecule has 0 radical (unpaired) electrons. The van der Waals surface area contributed by atoms with Crippen LogP contribution in [0.25, 0.3) is 0 Å². The zero-order chi connectivity index (χ0) is 11.3. The third-order valence-corrected chi connectivity index (χ3v) is 3.66. The van der Waals surface area contributed by atoms with Gasteiger partial charge in [0.1, 0.15) is 11.6 Å². The van der Waals surface area contributed by atoms with Crippen molar-refractivity contribution in [1.29, 1.82) is 0 Å². The number of nitrogens with two attached hydrogens (primary N) is 1. The summed E-state index contributed by atoms with van der Waals surface area (Å²) >= 11 is 0. The first-order valence-corrected chi connectivity index (χ1v) is 5.15. The lowest BCUT2D eigenvalue weighted by Gasteiger charge is -2.32. The molecule has 3 heteroatoms. The zero-order valence-corrected chi connectivity index (χ0v) is 9.05. The lowest BCUT2D eigenvalue weighted by Crippen LogP contribution is -2.43. The monoisotopic (exact) mass is 209 g/mol. The van der Waals surface area contributed by atoms with E-state index in [0.717, 1.165) is 18.9 Å². The number of hydrogen-bond donors (Lipinski definition) is 2. The average molecular weight is 209 g/mol. The van der Waals surface area contributed by atoms with Crippen molar-refractivity contribution in [2.45, 2.75) is 37.6 Å². The van der Waals surface area contributed by atoms with Crippen LogP contribution in [-0.2, 0) is 5.41 Å². The van der Waals surface area contributed by atoms with Crippen LogP contribution < -0.4 is 5.73 Å². The van der Waals surface area contributed by atoms with E-state index in [2.05, 4.69) is 0 Å². The fourth-order valence-electron chi connectivity index (χ4n) is 2.04. The minimum Gasteiger partial charge on any atom is -0.508 e. The lowest BCUT2D eigenvalue weighted by atomic mass is 9.76. The summed E-state index contributed by atoms with van der Waals surface area (Å²) in [7, 11) is 0. The molecular weight excluding hydrogens is 193 g/mol. The third-order valence-electron chi connectivity index (χ3n) is 3.66. The molecule has 0 bridgehead atoms. The van der Waals surface area contributed by atoms with E-state index in [9.17, 15) is 4.39 Å². The number of phenols is 1. The van der Waals surface area contributed by atoms with Gasteiger partial charge in [-0.2, -0.15) is 0 Å². The molecule has 1 saturated carbocycles. The van der Waals surface area contributed by atoms with Crippen molar-refractivity contribution in [2.24, 2.45) is 5.73 Å². The van der Waals surface area contributed by atoms with Crippen molar-refractivity contribution in [3.8, 4) is 5.75 Å².